The van der Waals surface area contributed by atoms with Crippen LogP contribution in [0, 0.1) is 0 Å². The van der Waals surface area contributed by atoms with Gasteiger partial charge in [0.1, 0.15) is 4.99 Å². The van der Waals surface area contributed by atoms with Crippen molar-refractivity contribution in [3.63, 3.8) is 0 Å². The number of thiocarbonyl (C=S) groups is 1. The first-order valence-corrected chi connectivity index (χ1v) is 7.23. The molecule has 0 saturated heterocycles. The molecule has 3 N–H and O–H groups in total. The summed E-state index contributed by atoms with van der Waals surface area (Å²) in [6.45, 7) is 0.617. The lowest BCUT2D eigenvalue weighted by atomic mass is 10.1. The first kappa shape index (κ1) is 14.3. The maximum atomic E-state index is 6.12. The number of anilines is 1. The first-order chi connectivity index (χ1) is 9.09. The van der Waals surface area contributed by atoms with Crippen LogP contribution in [0.3, 0.4) is 0 Å². The van der Waals surface area contributed by atoms with Crippen molar-refractivity contribution < 1.29 is 0 Å². The molecule has 0 aliphatic rings. The molecule has 5 heteroatoms. The second kappa shape index (κ2) is 6.37. The van der Waals surface area contributed by atoms with Crippen LogP contribution in [0.2, 0.25) is 5.02 Å². The predicted molar refractivity (Wildman–Crippen MR) is 88.8 cm³/mol. The maximum Gasteiger partial charge on any atom is 0.107 e. The number of halogens is 2. The highest BCUT2D eigenvalue weighted by atomic mass is 79.9. The Bertz CT molecular complexity index is 616. The van der Waals surface area contributed by atoms with Gasteiger partial charge < -0.3 is 11.1 Å². The smallest absolute Gasteiger partial charge is 0.107 e. The van der Waals surface area contributed by atoms with Crippen molar-refractivity contribution >= 4 is 50.4 Å². The second-order valence-corrected chi connectivity index (χ2v) is 5.67. The molecule has 2 rings (SSSR count). The van der Waals surface area contributed by atoms with Crippen molar-refractivity contribution in [3.05, 3.63) is 63.1 Å². The zero-order valence-electron chi connectivity index (χ0n) is 9.99. The molecule has 19 heavy (non-hydrogen) atoms. The van der Waals surface area contributed by atoms with Crippen molar-refractivity contribution in [1.82, 2.24) is 0 Å². The lowest BCUT2D eigenvalue weighted by Crippen LogP contribution is -2.14. The molecule has 0 unspecified atom stereocenters. The molecule has 0 aliphatic carbocycles. The molecule has 2 aromatic rings. The molecule has 0 heterocycles. The van der Waals surface area contributed by atoms with Crippen molar-refractivity contribution in [3.8, 4) is 0 Å². The third-order valence-corrected chi connectivity index (χ3v) is 3.92. The van der Waals surface area contributed by atoms with Crippen LogP contribution >= 0.6 is 39.7 Å². The normalized spacial score (nSPS) is 10.2. The van der Waals surface area contributed by atoms with Gasteiger partial charge in [-0.1, -0.05) is 48.1 Å². The van der Waals surface area contributed by atoms with Gasteiger partial charge in [0.25, 0.3) is 0 Å². The van der Waals surface area contributed by atoms with Gasteiger partial charge in [0.05, 0.1) is 0 Å². The summed E-state index contributed by atoms with van der Waals surface area (Å²) in [4.78, 5) is 0.356. The van der Waals surface area contributed by atoms with E-state index >= 15 is 0 Å². The first-order valence-electron chi connectivity index (χ1n) is 5.65. The Morgan fingerprint density at radius 2 is 1.95 bits per heavy atom. The van der Waals surface area contributed by atoms with Gasteiger partial charge in [-0.05, 0) is 39.7 Å². The molecule has 0 aromatic heterocycles. The van der Waals surface area contributed by atoms with Gasteiger partial charge in [0.2, 0.25) is 0 Å². The summed E-state index contributed by atoms with van der Waals surface area (Å²) >= 11 is 14.7. The third-order valence-electron chi connectivity index (χ3n) is 2.69. The van der Waals surface area contributed by atoms with Crippen molar-refractivity contribution in [1.29, 1.82) is 0 Å². The highest BCUT2D eigenvalue weighted by Crippen LogP contribution is 2.26. The Labute approximate surface area is 131 Å². The summed E-state index contributed by atoms with van der Waals surface area (Å²) in [6, 6.07) is 13.5. The monoisotopic (exact) mass is 354 g/mol. The van der Waals surface area contributed by atoms with Crippen molar-refractivity contribution in [2.24, 2.45) is 5.73 Å². The van der Waals surface area contributed by atoms with Gasteiger partial charge in [0, 0.05) is 27.3 Å². The average molecular weight is 356 g/mol. The summed E-state index contributed by atoms with van der Waals surface area (Å²) < 4.78 is 0.879. The molecular weight excluding hydrogens is 344 g/mol. The lowest BCUT2D eigenvalue weighted by molar-refractivity contribution is 1.15. The molecule has 0 spiro atoms. The van der Waals surface area contributed by atoms with Gasteiger partial charge in [-0.15, -0.1) is 0 Å². The molecule has 0 atom stereocenters. The van der Waals surface area contributed by atoms with E-state index in [0.717, 1.165) is 26.3 Å². The van der Waals surface area contributed by atoms with Crippen LogP contribution in [0.4, 0.5) is 5.69 Å². The largest absolute Gasteiger partial charge is 0.389 e. The van der Waals surface area contributed by atoms with Crippen LogP contribution < -0.4 is 11.1 Å². The summed E-state index contributed by atoms with van der Waals surface area (Å²) in [5.74, 6) is 0. The number of nitrogens with one attached hydrogen (secondary N) is 1. The van der Waals surface area contributed by atoms with E-state index in [4.69, 9.17) is 29.6 Å². The predicted octanol–water partition coefficient (Wildman–Crippen LogP) is 4.35. The fraction of sp³-hybridized carbons (Fsp3) is 0.0714. The average Bonchev–Trinajstić information content (AvgIpc) is 2.37. The van der Waals surface area contributed by atoms with Crippen molar-refractivity contribution in [2.75, 3.05) is 5.32 Å². The number of hydrogen-bond acceptors (Lipinski definition) is 2. The number of hydrogen-bond donors (Lipinski definition) is 2. The van der Waals surface area contributed by atoms with E-state index in [1.807, 2.05) is 42.5 Å². The minimum absolute atomic E-state index is 0.356. The van der Waals surface area contributed by atoms with Gasteiger partial charge in [-0.25, -0.2) is 0 Å². The maximum absolute atomic E-state index is 6.12. The third kappa shape index (κ3) is 3.47. The Morgan fingerprint density at radius 3 is 2.63 bits per heavy atom. The van der Waals surface area contributed by atoms with E-state index in [0.29, 0.717) is 11.5 Å². The fourth-order valence-electron chi connectivity index (χ4n) is 1.75. The van der Waals surface area contributed by atoms with Gasteiger partial charge in [0.15, 0.2) is 0 Å². The summed E-state index contributed by atoms with van der Waals surface area (Å²) in [6.07, 6.45) is 0. The minimum atomic E-state index is 0.356. The lowest BCUT2D eigenvalue weighted by Gasteiger charge is -2.13. The molecule has 2 nitrogen and oxygen atoms in total. The molecule has 2 aromatic carbocycles. The SMILES string of the molecule is NC(=S)c1c(Br)cccc1NCc1ccccc1Cl. The van der Waals surface area contributed by atoms with E-state index in [-0.39, 0.29) is 0 Å². The Hall–Kier alpha value is -1.10. The molecule has 0 amide bonds. The van der Waals surface area contributed by atoms with Crippen LogP contribution in [0.25, 0.3) is 0 Å². The Morgan fingerprint density at radius 1 is 1.21 bits per heavy atom. The summed E-state index contributed by atoms with van der Waals surface area (Å²) in [7, 11) is 0. The highest BCUT2D eigenvalue weighted by molar-refractivity contribution is 9.10. The quantitative estimate of drug-likeness (QED) is 0.801. The van der Waals surface area contributed by atoms with Crippen LogP contribution in [-0.2, 0) is 6.54 Å². The number of benzene rings is 2. The van der Waals surface area contributed by atoms with E-state index in [1.165, 1.54) is 0 Å². The van der Waals surface area contributed by atoms with Crippen LogP contribution in [0.5, 0.6) is 0 Å². The van der Waals surface area contributed by atoms with Gasteiger partial charge in [-0.2, -0.15) is 0 Å². The zero-order valence-corrected chi connectivity index (χ0v) is 13.1. The summed E-state index contributed by atoms with van der Waals surface area (Å²) in [5.41, 5.74) is 8.48. The van der Waals surface area contributed by atoms with E-state index in [9.17, 15) is 0 Å². The highest BCUT2D eigenvalue weighted by Gasteiger charge is 2.09. The molecule has 0 radical (unpaired) electrons. The number of nitrogens with two attached hydrogens (primary N) is 1. The Kier molecular flexibility index (Phi) is 4.80. The minimum Gasteiger partial charge on any atom is -0.389 e. The van der Waals surface area contributed by atoms with Crippen LogP contribution in [0.15, 0.2) is 46.9 Å². The zero-order chi connectivity index (χ0) is 13.8. The van der Waals surface area contributed by atoms with Crippen LogP contribution in [-0.4, -0.2) is 4.99 Å². The molecular formula is C14H12BrClN2S. The molecule has 0 bridgehead atoms. The van der Waals surface area contributed by atoms with Crippen LogP contribution in [0.1, 0.15) is 11.1 Å². The Balaban J connectivity index is 2.23. The fourth-order valence-corrected chi connectivity index (χ4v) is 2.89. The summed E-state index contributed by atoms with van der Waals surface area (Å²) in [5, 5.41) is 4.05. The van der Waals surface area contributed by atoms with E-state index in [2.05, 4.69) is 21.2 Å². The second-order valence-electron chi connectivity index (χ2n) is 3.97. The topological polar surface area (TPSA) is 38.0 Å². The van der Waals surface area contributed by atoms with Crippen molar-refractivity contribution in [2.45, 2.75) is 6.54 Å². The van der Waals surface area contributed by atoms with Gasteiger partial charge >= 0.3 is 0 Å². The van der Waals surface area contributed by atoms with E-state index in [1.54, 1.807) is 0 Å². The van der Waals surface area contributed by atoms with E-state index < -0.39 is 0 Å². The molecule has 0 aliphatic heterocycles. The van der Waals surface area contributed by atoms with Gasteiger partial charge in [-0.3, -0.25) is 0 Å². The number of rotatable bonds is 4. The molecule has 0 saturated carbocycles. The molecule has 98 valence electrons. The standard InChI is InChI=1S/C14H12BrClN2S/c15-10-5-3-7-12(13(10)14(17)19)18-8-9-4-1-2-6-11(9)16/h1-7,18H,8H2,(H2,17,19). The molecule has 0 fully saturated rings.